The molecule has 0 saturated heterocycles. The van der Waals surface area contributed by atoms with Gasteiger partial charge in [-0.15, -0.1) is 0 Å². The molecule has 0 unspecified atom stereocenters. The molecule has 3 aromatic carbocycles. The van der Waals surface area contributed by atoms with E-state index >= 15 is 0 Å². The predicted molar refractivity (Wildman–Crippen MR) is 148 cm³/mol. The quantitative estimate of drug-likeness (QED) is 0.167. The lowest BCUT2D eigenvalue weighted by molar-refractivity contribution is -0.387. The number of amides is 2. The van der Waals surface area contributed by atoms with Crippen LogP contribution in [0, 0.1) is 17.0 Å². The topological polar surface area (TPSA) is 102 Å². The molecule has 3 rings (SSSR count). The van der Waals surface area contributed by atoms with Crippen molar-refractivity contribution in [2.75, 3.05) is 23.9 Å². The number of hydrogen-bond donors (Lipinski definition) is 1. The lowest BCUT2D eigenvalue weighted by atomic mass is 10.1. The molecule has 0 radical (unpaired) electrons. The molecule has 0 saturated carbocycles. The Morgan fingerprint density at radius 1 is 1.08 bits per heavy atom. The highest BCUT2D eigenvalue weighted by atomic mass is 35.6. The second kappa shape index (κ2) is 12.2. The molecule has 0 aromatic heterocycles. The van der Waals surface area contributed by atoms with Gasteiger partial charge in [0.25, 0.3) is 11.6 Å². The van der Waals surface area contributed by atoms with Crippen LogP contribution in [0.5, 0.6) is 0 Å². The van der Waals surface area contributed by atoms with Crippen molar-refractivity contribution in [2.24, 2.45) is 0 Å². The van der Waals surface area contributed by atoms with Gasteiger partial charge in [-0.3, -0.25) is 20.2 Å². The van der Waals surface area contributed by atoms with Crippen LogP contribution in [0.3, 0.4) is 0 Å². The second-order valence-corrected chi connectivity index (χ2v) is 11.7. The molecule has 37 heavy (non-hydrogen) atoms. The number of benzene rings is 3. The van der Waals surface area contributed by atoms with Crippen LogP contribution < -0.4 is 10.2 Å². The number of nitrogens with zero attached hydrogens (tertiary/aromatic N) is 2. The standard InChI is InChI=1S/C24H19Cl4N3O5S/c1-14-11-16(25)4-9-19(14)30(2)22(32)15-3-10-21(20(12-15)31(34)35)37-18-7-5-17(6-8-18)29-23(33)36-13-24(26,27)28/h3-12H,13H2,1-2H3,(H,29,33). The van der Waals surface area contributed by atoms with Gasteiger partial charge in [0, 0.05) is 40.0 Å². The van der Waals surface area contributed by atoms with Crippen LogP contribution in [0.15, 0.2) is 70.5 Å². The Labute approximate surface area is 236 Å². The molecule has 0 heterocycles. The molecule has 0 aliphatic carbocycles. The summed E-state index contributed by atoms with van der Waals surface area (Å²) in [5, 5.41) is 14.8. The van der Waals surface area contributed by atoms with E-state index in [1.165, 1.54) is 23.1 Å². The Balaban J connectivity index is 1.74. The van der Waals surface area contributed by atoms with Crippen LogP contribution in [0.2, 0.25) is 5.02 Å². The van der Waals surface area contributed by atoms with E-state index < -0.39 is 27.3 Å². The summed E-state index contributed by atoms with van der Waals surface area (Å²) in [6, 6.07) is 15.9. The second-order valence-electron chi connectivity index (χ2n) is 7.68. The molecular formula is C24H19Cl4N3O5S. The van der Waals surface area contributed by atoms with Gasteiger partial charge in [0.1, 0.15) is 6.61 Å². The molecule has 0 bridgehead atoms. The van der Waals surface area contributed by atoms with E-state index in [1.54, 1.807) is 49.5 Å². The SMILES string of the molecule is Cc1cc(Cl)ccc1N(C)C(=O)c1ccc(Sc2ccc(NC(=O)OCC(Cl)(Cl)Cl)cc2)c([N+](=O)[O-])c1. The van der Waals surface area contributed by atoms with E-state index in [4.69, 9.17) is 51.1 Å². The maximum absolute atomic E-state index is 13.1. The third kappa shape index (κ3) is 8.15. The summed E-state index contributed by atoms with van der Waals surface area (Å²) in [5.74, 6) is -0.401. The number of halogens is 4. The van der Waals surface area contributed by atoms with Crippen molar-refractivity contribution in [2.45, 2.75) is 20.5 Å². The van der Waals surface area contributed by atoms with Crippen LogP contribution in [0.25, 0.3) is 0 Å². The number of hydrogen-bond acceptors (Lipinski definition) is 6. The van der Waals surface area contributed by atoms with E-state index in [2.05, 4.69) is 5.32 Å². The van der Waals surface area contributed by atoms with Crippen LogP contribution in [-0.4, -0.2) is 34.4 Å². The largest absolute Gasteiger partial charge is 0.445 e. The van der Waals surface area contributed by atoms with Gasteiger partial charge in [-0.25, -0.2) is 4.79 Å². The molecule has 1 N–H and O–H groups in total. The summed E-state index contributed by atoms with van der Waals surface area (Å²) in [6.07, 6.45) is -0.804. The molecule has 13 heteroatoms. The Morgan fingerprint density at radius 3 is 2.35 bits per heavy atom. The lowest BCUT2D eigenvalue weighted by Gasteiger charge is -2.20. The van der Waals surface area contributed by atoms with Crippen LogP contribution in [0.1, 0.15) is 15.9 Å². The molecule has 0 spiro atoms. The minimum absolute atomic E-state index is 0.167. The summed E-state index contributed by atoms with van der Waals surface area (Å²) >= 11 is 23.8. The Kier molecular flexibility index (Phi) is 9.55. The molecule has 194 valence electrons. The fourth-order valence-electron chi connectivity index (χ4n) is 3.21. The first-order chi connectivity index (χ1) is 17.3. The highest BCUT2D eigenvalue weighted by Crippen LogP contribution is 2.36. The van der Waals surface area contributed by atoms with Gasteiger partial charge in [-0.05, 0) is 67.1 Å². The first kappa shape index (κ1) is 28.9. The maximum Gasteiger partial charge on any atom is 0.411 e. The molecule has 2 amide bonds. The molecule has 0 atom stereocenters. The molecule has 0 aliphatic rings. The number of ether oxygens (including phenoxy) is 1. The fourth-order valence-corrected chi connectivity index (χ4v) is 4.50. The lowest BCUT2D eigenvalue weighted by Crippen LogP contribution is -2.27. The molecule has 0 fully saturated rings. The normalized spacial score (nSPS) is 11.1. The van der Waals surface area contributed by atoms with Crippen LogP contribution >= 0.6 is 58.2 Å². The zero-order valence-electron chi connectivity index (χ0n) is 19.3. The average molecular weight is 603 g/mol. The van der Waals surface area contributed by atoms with E-state index in [0.29, 0.717) is 26.2 Å². The van der Waals surface area contributed by atoms with Gasteiger partial charge in [0.05, 0.1) is 9.82 Å². The molecule has 3 aromatic rings. The number of carbonyl (C=O) groups is 2. The molecule has 8 nitrogen and oxygen atoms in total. The molecular weight excluding hydrogens is 584 g/mol. The van der Waals surface area contributed by atoms with Gasteiger partial charge in [0.2, 0.25) is 3.79 Å². The first-order valence-corrected chi connectivity index (χ1v) is 12.8. The molecule has 0 aliphatic heterocycles. The van der Waals surface area contributed by atoms with E-state index in [1.807, 2.05) is 6.92 Å². The smallest absolute Gasteiger partial charge is 0.411 e. The van der Waals surface area contributed by atoms with Crippen molar-refractivity contribution in [1.82, 2.24) is 0 Å². The number of carbonyl (C=O) groups excluding carboxylic acids is 2. The minimum Gasteiger partial charge on any atom is -0.445 e. The Bertz CT molecular complexity index is 1330. The van der Waals surface area contributed by atoms with Crippen LogP contribution in [-0.2, 0) is 4.74 Å². The summed E-state index contributed by atoms with van der Waals surface area (Å²) in [6.45, 7) is 1.40. The number of rotatable bonds is 7. The van der Waals surface area contributed by atoms with Gasteiger partial charge < -0.3 is 9.64 Å². The van der Waals surface area contributed by atoms with Gasteiger partial charge >= 0.3 is 6.09 Å². The average Bonchev–Trinajstić information content (AvgIpc) is 2.83. The summed E-state index contributed by atoms with van der Waals surface area (Å²) < 4.78 is 3.08. The van der Waals surface area contributed by atoms with Gasteiger partial charge in [-0.1, -0.05) is 58.2 Å². The summed E-state index contributed by atoms with van der Waals surface area (Å²) in [4.78, 5) is 38.5. The zero-order valence-corrected chi connectivity index (χ0v) is 23.2. The zero-order chi connectivity index (χ0) is 27.3. The Hall–Kier alpha value is -2.69. The highest BCUT2D eigenvalue weighted by Gasteiger charge is 2.23. The first-order valence-electron chi connectivity index (χ1n) is 10.4. The van der Waals surface area contributed by atoms with Crippen molar-refractivity contribution in [1.29, 1.82) is 0 Å². The number of anilines is 2. The predicted octanol–water partition coefficient (Wildman–Crippen LogP) is 7.90. The van der Waals surface area contributed by atoms with Crippen molar-refractivity contribution < 1.29 is 19.2 Å². The van der Waals surface area contributed by atoms with Crippen LogP contribution in [0.4, 0.5) is 21.9 Å². The third-order valence-corrected chi connectivity index (χ3v) is 6.56. The number of nitrogens with one attached hydrogen (secondary N) is 1. The monoisotopic (exact) mass is 601 g/mol. The highest BCUT2D eigenvalue weighted by molar-refractivity contribution is 7.99. The van der Waals surface area contributed by atoms with Crippen molar-refractivity contribution in [3.05, 3.63) is 86.9 Å². The minimum atomic E-state index is -1.73. The van der Waals surface area contributed by atoms with E-state index in [-0.39, 0.29) is 11.3 Å². The number of aryl methyl sites for hydroxylation is 1. The Morgan fingerprint density at radius 2 is 1.76 bits per heavy atom. The van der Waals surface area contributed by atoms with Crippen molar-refractivity contribution in [3.8, 4) is 0 Å². The van der Waals surface area contributed by atoms with Gasteiger partial charge in [-0.2, -0.15) is 0 Å². The van der Waals surface area contributed by atoms with E-state index in [9.17, 15) is 19.7 Å². The van der Waals surface area contributed by atoms with E-state index in [0.717, 1.165) is 17.3 Å². The maximum atomic E-state index is 13.1. The number of nitro benzene ring substituents is 1. The third-order valence-electron chi connectivity index (χ3n) is 4.92. The summed E-state index contributed by atoms with van der Waals surface area (Å²) in [5.41, 5.74) is 1.80. The number of alkyl halides is 3. The number of nitro groups is 1. The van der Waals surface area contributed by atoms with Gasteiger partial charge in [0.15, 0.2) is 0 Å². The summed E-state index contributed by atoms with van der Waals surface area (Å²) in [7, 11) is 1.59. The fraction of sp³-hybridized carbons (Fsp3) is 0.167. The van der Waals surface area contributed by atoms with Crippen molar-refractivity contribution in [3.63, 3.8) is 0 Å². The van der Waals surface area contributed by atoms with Crippen molar-refractivity contribution >= 4 is 87.2 Å².